The van der Waals surface area contributed by atoms with Crippen molar-refractivity contribution in [1.82, 2.24) is 4.90 Å². The molecular formula is C11H16ClNS. The summed E-state index contributed by atoms with van der Waals surface area (Å²) >= 11 is 7.71. The van der Waals surface area contributed by atoms with Crippen LogP contribution in [0.1, 0.15) is 17.7 Å². The molecule has 78 valence electrons. The molecule has 1 aliphatic rings. The fourth-order valence-corrected chi connectivity index (χ4v) is 2.98. The Morgan fingerprint density at radius 3 is 2.79 bits per heavy atom. The Kier molecular flexibility index (Phi) is 3.85. The van der Waals surface area contributed by atoms with Gasteiger partial charge in [0.25, 0.3) is 0 Å². The molecule has 0 aliphatic carbocycles. The lowest BCUT2D eigenvalue weighted by molar-refractivity contribution is 0.188. The Morgan fingerprint density at radius 1 is 1.43 bits per heavy atom. The Hall–Kier alpha value is -0.0500. The topological polar surface area (TPSA) is 3.24 Å². The third-order valence-corrected chi connectivity index (χ3v) is 4.18. The second kappa shape index (κ2) is 5.15. The second-order valence-electron chi connectivity index (χ2n) is 3.95. The highest BCUT2D eigenvalue weighted by Gasteiger charge is 2.18. The van der Waals surface area contributed by atoms with Crippen LogP contribution >= 0.6 is 22.9 Å². The van der Waals surface area contributed by atoms with E-state index in [1.165, 1.54) is 30.8 Å². The first-order chi connectivity index (χ1) is 6.88. The normalized spacial score (nSPS) is 20.1. The molecule has 0 saturated carbocycles. The summed E-state index contributed by atoms with van der Waals surface area (Å²) in [7, 11) is 0. The summed E-state index contributed by atoms with van der Waals surface area (Å²) in [5.74, 6) is 1.60. The van der Waals surface area contributed by atoms with E-state index in [9.17, 15) is 0 Å². The zero-order valence-electron chi connectivity index (χ0n) is 8.29. The summed E-state index contributed by atoms with van der Waals surface area (Å²) in [6, 6.07) is 4.35. The quantitative estimate of drug-likeness (QED) is 0.720. The van der Waals surface area contributed by atoms with Crippen molar-refractivity contribution in [3.63, 3.8) is 0 Å². The van der Waals surface area contributed by atoms with E-state index < -0.39 is 0 Å². The first-order valence-electron chi connectivity index (χ1n) is 5.19. The van der Waals surface area contributed by atoms with Gasteiger partial charge in [0.2, 0.25) is 0 Å². The van der Waals surface area contributed by atoms with Crippen LogP contribution in [0.15, 0.2) is 17.5 Å². The number of piperidine rings is 1. The molecule has 1 aliphatic heterocycles. The molecule has 0 radical (unpaired) electrons. The number of hydrogen-bond acceptors (Lipinski definition) is 2. The van der Waals surface area contributed by atoms with Crippen LogP contribution in [0.25, 0.3) is 0 Å². The maximum Gasteiger partial charge on any atom is 0.0327 e. The minimum atomic E-state index is 0.760. The maximum absolute atomic E-state index is 5.85. The highest BCUT2D eigenvalue weighted by Crippen LogP contribution is 2.21. The summed E-state index contributed by atoms with van der Waals surface area (Å²) in [6.07, 6.45) is 2.55. The number of alkyl halides is 1. The van der Waals surface area contributed by atoms with Crippen molar-refractivity contribution in [2.75, 3.05) is 19.0 Å². The molecule has 2 heterocycles. The first kappa shape index (κ1) is 10.5. The second-order valence-corrected chi connectivity index (χ2v) is 5.29. The molecule has 1 aromatic heterocycles. The summed E-state index contributed by atoms with van der Waals surface area (Å²) in [5, 5.41) is 2.15. The van der Waals surface area contributed by atoms with E-state index in [2.05, 4.69) is 22.4 Å². The molecule has 0 aromatic carbocycles. The number of nitrogens with zero attached hydrogens (tertiary/aromatic N) is 1. The third kappa shape index (κ3) is 2.72. The van der Waals surface area contributed by atoms with E-state index >= 15 is 0 Å². The lowest BCUT2D eigenvalue weighted by atomic mass is 9.99. The number of likely N-dealkylation sites (tertiary alicyclic amines) is 1. The van der Waals surface area contributed by atoms with Gasteiger partial charge in [-0.2, -0.15) is 0 Å². The Morgan fingerprint density at radius 2 is 2.21 bits per heavy atom. The molecule has 3 heteroatoms. The van der Waals surface area contributed by atoms with Crippen LogP contribution in [-0.4, -0.2) is 23.9 Å². The van der Waals surface area contributed by atoms with Crippen molar-refractivity contribution < 1.29 is 0 Å². The minimum Gasteiger partial charge on any atom is -0.298 e. The lowest BCUT2D eigenvalue weighted by Gasteiger charge is -2.30. The number of hydrogen-bond donors (Lipinski definition) is 0. The monoisotopic (exact) mass is 229 g/mol. The molecule has 0 spiro atoms. The van der Waals surface area contributed by atoms with Gasteiger partial charge in [0.1, 0.15) is 0 Å². The van der Waals surface area contributed by atoms with Crippen molar-refractivity contribution >= 4 is 22.9 Å². The van der Waals surface area contributed by atoms with Gasteiger partial charge in [-0.25, -0.2) is 0 Å². The van der Waals surface area contributed by atoms with E-state index in [1.807, 2.05) is 11.3 Å². The molecule has 0 amide bonds. The third-order valence-electron chi connectivity index (χ3n) is 2.88. The van der Waals surface area contributed by atoms with E-state index in [4.69, 9.17) is 11.6 Å². The molecule has 2 rings (SSSR count). The van der Waals surface area contributed by atoms with Gasteiger partial charge in [0, 0.05) is 17.3 Å². The van der Waals surface area contributed by atoms with Gasteiger partial charge in [0.15, 0.2) is 0 Å². The van der Waals surface area contributed by atoms with Crippen LogP contribution in [0.4, 0.5) is 0 Å². The molecule has 1 nitrogen and oxygen atoms in total. The van der Waals surface area contributed by atoms with Crippen LogP contribution in [0.5, 0.6) is 0 Å². The van der Waals surface area contributed by atoms with Crippen molar-refractivity contribution in [1.29, 1.82) is 0 Å². The van der Waals surface area contributed by atoms with Gasteiger partial charge in [-0.15, -0.1) is 22.9 Å². The summed E-state index contributed by atoms with van der Waals surface area (Å²) in [5.41, 5.74) is 0. The molecule has 1 fully saturated rings. The maximum atomic E-state index is 5.85. The number of halogens is 1. The van der Waals surface area contributed by atoms with Gasteiger partial charge in [-0.05, 0) is 43.3 Å². The largest absolute Gasteiger partial charge is 0.298 e. The number of thiophene rings is 1. The fraction of sp³-hybridized carbons (Fsp3) is 0.636. The SMILES string of the molecule is ClCC1CCN(Cc2cccs2)CC1. The number of rotatable bonds is 3. The van der Waals surface area contributed by atoms with Crippen LogP contribution in [-0.2, 0) is 6.54 Å². The predicted molar refractivity (Wildman–Crippen MR) is 63.0 cm³/mol. The zero-order valence-corrected chi connectivity index (χ0v) is 9.86. The van der Waals surface area contributed by atoms with Crippen LogP contribution < -0.4 is 0 Å². The van der Waals surface area contributed by atoms with Gasteiger partial charge in [0.05, 0.1) is 0 Å². The summed E-state index contributed by atoms with van der Waals surface area (Å²) in [4.78, 5) is 4.02. The van der Waals surface area contributed by atoms with Gasteiger partial charge in [-0.1, -0.05) is 6.07 Å². The van der Waals surface area contributed by atoms with Crippen LogP contribution in [0.3, 0.4) is 0 Å². The van der Waals surface area contributed by atoms with Gasteiger partial charge in [-0.3, -0.25) is 4.90 Å². The van der Waals surface area contributed by atoms with Crippen molar-refractivity contribution in [2.45, 2.75) is 19.4 Å². The highest BCUT2D eigenvalue weighted by atomic mass is 35.5. The smallest absolute Gasteiger partial charge is 0.0327 e. The van der Waals surface area contributed by atoms with Crippen LogP contribution in [0, 0.1) is 5.92 Å². The minimum absolute atomic E-state index is 0.760. The molecular weight excluding hydrogens is 214 g/mol. The Bertz CT molecular complexity index is 252. The van der Waals surface area contributed by atoms with Crippen LogP contribution in [0.2, 0.25) is 0 Å². The average Bonchev–Trinajstić information content (AvgIpc) is 2.72. The van der Waals surface area contributed by atoms with Crippen molar-refractivity contribution in [3.8, 4) is 0 Å². The Labute approximate surface area is 94.7 Å². The molecule has 1 aromatic rings. The van der Waals surface area contributed by atoms with E-state index in [-0.39, 0.29) is 0 Å². The van der Waals surface area contributed by atoms with E-state index in [1.54, 1.807) is 0 Å². The molecule has 0 bridgehead atoms. The highest BCUT2D eigenvalue weighted by molar-refractivity contribution is 7.09. The molecule has 14 heavy (non-hydrogen) atoms. The Balaban J connectivity index is 1.79. The molecule has 0 N–H and O–H groups in total. The first-order valence-corrected chi connectivity index (χ1v) is 6.60. The van der Waals surface area contributed by atoms with Crippen molar-refractivity contribution in [2.24, 2.45) is 5.92 Å². The van der Waals surface area contributed by atoms with Gasteiger partial charge < -0.3 is 0 Å². The zero-order chi connectivity index (χ0) is 9.80. The molecule has 0 atom stereocenters. The molecule has 0 unspecified atom stereocenters. The lowest BCUT2D eigenvalue weighted by Crippen LogP contribution is -2.33. The standard InChI is InChI=1S/C11H16ClNS/c12-8-10-3-5-13(6-4-10)9-11-2-1-7-14-11/h1-2,7,10H,3-6,8-9H2. The summed E-state index contributed by atoms with van der Waals surface area (Å²) in [6.45, 7) is 3.57. The van der Waals surface area contributed by atoms with Gasteiger partial charge >= 0.3 is 0 Å². The molecule has 1 saturated heterocycles. The van der Waals surface area contributed by atoms with E-state index in [0.717, 1.165) is 18.3 Å². The fourth-order valence-electron chi connectivity index (χ4n) is 1.92. The predicted octanol–water partition coefficient (Wildman–Crippen LogP) is 3.20. The van der Waals surface area contributed by atoms with E-state index in [0.29, 0.717) is 0 Å². The average molecular weight is 230 g/mol. The van der Waals surface area contributed by atoms with Crippen molar-refractivity contribution in [3.05, 3.63) is 22.4 Å². The summed E-state index contributed by atoms with van der Waals surface area (Å²) < 4.78 is 0.